The number of hydrogen-bond donors (Lipinski definition) is 4. The Morgan fingerprint density at radius 3 is 0.615 bits per heavy atom. The van der Waals surface area contributed by atoms with Crippen LogP contribution in [0.25, 0.3) is 0 Å². The molecule has 8 bridgehead atoms. The lowest BCUT2D eigenvalue weighted by Gasteiger charge is -2.38. The predicted octanol–water partition coefficient (Wildman–Crippen LogP) is 18.9. The van der Waals surface area contributed by atoms with E-state index in [2.05, 4.69) is 195 Å². The second-order valence-electron chi connectivity index (χ2n) is 26.9. The smallest absolute Gasteiger partial charge is 0.230 e. The van der Waals surface area contributed by atoms with E-state index >= 15 is 0 Å². The first-order valence-corrected chi connectivity index (χ1v) is 36.3. The van der Waals surface area contributed by atoms with Gasteiger partial charge in [-0.3, -0.25) is 0 Å². The normalized spacial score (nSPS) is 17.0. The van der Waals surface area contributed by atoms with Crippen LogP contribution in [0.5, 0.6) is 46.0 Å². The molecule has 8 aromatic rings. The lowest BCUT2D eigenvalue weighted by Crippen LogP contribution is -2.27. The van der Waals surface area contributed by atoms with Gasteiger partial charge in [-0.2, -0.15) is 0 Å². The summed E-state index contributed by atoms with van der Waals surface area (Å²) in [6.45, 7) is 13.8. The van der Waals surface area contributed by atoms with Crippen molar-refractivity contribution < 1.29 is 37.9 Å². The molecule has 0 atom stereocenters. The largest absolute Gasteiger partial charge is 0.457 e. The second-order valence-corrected chi connectivity index (χ2v) is 26.9. The van der Waals surface area contributed by atoms with Crippen LogP contribution < -0.4 is 59.2 Å². The maximum atomic E-state index is 7.35. The van der Waals surface area contributed by atoms with Crippen LogP contribution in [-0.2, 0) is 52.4 Å². The lowest BCUT2D eigenvalue weighted by molar-refractivity contribution is 0.0938. The van der Waals surface area contributed by atoms with Gasteiger partial charge in [-0.1, -0.05) is 226 Å². The van der Waals surface area contributed by atoms with Gasteiger partial charge in [0.2, 0.25) is 27.2 Å². The third-order valence-corrected chi connectivity index (χ3v) is 20.4. The second kappa shape index (κ2) is 32.8. The van der Waals surface area contributed by atoms with Gasteiger partial charge in [-0.25, -0.2) is 0 Å². The summed E-state index contributed by atoms with van der Waals surface area (Å²) in [5.41, 5.74) is 18.1. The van der Waals surface area contributed by atoms with E-state index in [-0.39, 0.29) is 50.8 Å². The third kappa shape index (κ3) is 14.9. The molecule has 4 N–H and O–H groups in total. The number of unbranched alkanes of at least 4 members (excludes halogenated alkanes) is 8. The molecule has 0 unspecified atom stereocenters. The molecule has 8 aromatic carbocycles. The van der Waals surface area contributed by atoms with Gasteiger partial charge in [0.15, 0.2) is 0 Å². The van der Waals surface area contributed by atoms with E-state index in [1.807, 2.05) is 0 Å². The number of benzene rings is 8. The van der Waals surface area contributed by atoms with Crippen molar-refractivity contribution in [3.63, 3.8) is 0 Å². The molecule has 504 valence electrons. The van der Waals surface area contributed by atoms with E-state index in [9.17, 15) is 0 Å². The van der Waals surface area contributed by atoms with Crippen molar-refractivity contribution >= 4 is 0 Å². The first-order chi connectivity index (χ1) is 47.5. The van der Waals surface area contributed by atoms with Crippen LogP contribution in [-0.4, -0.2) is 27.2 Å². The van der Waals surface area contributed by atoms with E-state index in [0.717, 1.165) is 171 Å². The molecule has 96 heavy (non-hydrogen) atoms. The molecule has 0 saturated carbocycles. The zero-order valence-corrected chi connectivity index (χ0v) is 57.2. The van der Waals surface area contributed by atoms with E-state index in [0.29, 0.717) is 52.4 Å². The number of hydrogen-bond acceptors (Lipinski definition) is 12. The van der Waals surface area contributed by atoms with Crippen LogP contribution in [0.2, 0.25) is 0 Å². The van der Waals surface area contributed by atoms with Crippen LogP contribution in [0.15, 0.2) is 146 Å². The van der Waals surface area contributed by atoms with E-state index in [1.54, 1.807) is 0 Å². The van der Waals surface area contributed by atoms with Gasteiger partial charge in [0.25, 0.3) is 0 Å². The summed E-state index contributed by atoms with van der Waals surface area (Å²) in [6.07, 6.45) is 16.2. The van der Waals surface area contributed by atoms with E-state index in [1.165, 1.54) is 66.8 Å². The molecule has 1 aliphatic carbocycles. The molecule has 0 fully saturated rings. The third-order valence-electron chi connectivity index (χ3n) is 20.4. The summed E-state index contributed by atoms with van der Waals surface area (Å²) >= 11 is 0. The molecular weight excluding hydrogens is 1190 g/mol. The maximum Gasteiger partial charge on any atom is 0.230 e. The Morgan fingerprint density at radius 2 is 0.438 bits per heavy atom. The van der Waals surface area contributed by atoms with Gasteiger partial charge in [0, 0.05) is 121 Å². The first-order valence-electron chi connectivity index (χ1n) is 36.3. The molecule has 0 amide bonds. The Bertz CT molecular complexity index is 3230. The number of nitrogens with one attached hydrogen (secondary N) is 4. The molecule has 0 saturated heterocycles. The highest BCUT2D eigenvalue weighted by atomic mass is 16.7. The van der Waals surface area contributed by atoms with Crippen molar-refractivity contribution in [1.29, 1.82) is 0 Å². The lowest BCUT2D eigenvalue weighted by atomic mass is 9.74. The average Bonchev–Trinajstić information content (AvgIpc) is 0.728. The highest BCUT2D eigenvalue weighted by Gasteiger charge is 2.42. The Balaban J connectivity index is 1.14. The molecule has 12 nitrogen and oxygen atoms in total. The summed E-state index contributed by atoms with van der Waals surface area (Å²) in [7, 11) is 0. The predicted molar refractivity (Wildman–Crippen MR) is 382 cm³/mol. The topological polar surface area (TPSA) is 122 Å². The van der Waals surface area contributed by atoms with Crippen molar-refractivity contribution in [1.82, 2.24) is 21.3 Å². The summed E-state index contributed by atoms with van der Waals surface area (Å²) in [5.74, 6) is 5.95. The molecule has 4 aliphatic heterocycles. The van der Waals surface area contributed by atoms with E-state index < -0.39 is 0 Å². The first kappa shape index (κ1) is 66.6. The van der Waals surface area contributed by atoms with Gasteiger partial charge >= 0.3 is 0 Å². The van der Waals surface area contributed by atoms with Gasteiger partial charge in [-0.05, 0) is 72.2 Å². The van der Waals surface area contributed by atoms with Crippen LogP contribution in [0, 0.1) is 0 Å². The molecular formula is C84H100N4O8. The molecule has 5 aliphatic rings. The van der Waals surface area contributed by atoms with Crippen LogP contribution in [0.1, 0.15) is 243 Å². The summed E-state index contributed by atoms with van der Waals surface area (Å²) in [5, 5.41) is 15.7. The number of ether oxygens (including phenoxy) is 8. The quantitative estimate of drug-likeness (QED) is 0.0300. The fraction of sp³-hybridized carbons (Fsp3) is 0.429. The molecule has 12 heteroatoms. The summed E-state index contributed by atoms with van der Waals surface area (Å²) in [4.78, 5) is 0. The number of rotatable bonds is 32. The summed E-state index contributed by atoms with van der Waals surface area (Å²) < 4.78 is 58.8. The molecule has 4 heterocycles. The van der Waals surface area contributed by atoms with Gasteiger partial charge in [0.1, 0.15) is 46.0 Å². The molecule has 0 aromatic heterocycles. The van der Waals surface area contributed by atoms with Crippen molar-refractivity contribution in [2.24, 2.45) is 0 Å². The van der Waals surface area contributed by atoms with Crippen molar-refractivity contribution in [2.45, 2.75) is 206 Å². The summed E-state index contributed by atoms with van der Waals surface area (Å²) in [6, 6.07) is 52.9. The highest BCUT2D eigenvalue weighted by molar-refractivity contribution is 5.70. The fourth-order valence-corrected chi connectivity index (χ4v) is 15.7. The Labute approximate surface area is 570 Å². The Kier molecular flexibility index (Phi) is 22.8. The minimum absolute atomic E-state index is 0.0223. The van der Waals surface area contributed by atoms with Crippen molar-refractivity contribution in [3.8, 4) is 46.0 Å². The standard InChI is InChI=1S/C84H100N4O8/c1-5-9-17-37-61-65-41-67-62(38-18-10-6-2)69-43-71-64(40-20-12-8-4)72-44-70-63(39-19-11-7-3)68-42-66(61)78-74(50-86-46-58-31-23-14-24-32-58)80(68)92-55-94-82(70)76(52-88-48-60-35-27-16-28-36-60)84(72)96-56-95-83(71)75(51-87-47-59-33-25-15-26-34-59)81(69)93-54-91-79(67)73(77(65)89-53-90-78)49-85-45-57-29-21-13-22-30-57/h13-16,21-36,41-44,61-64,85-88H,5-12,17-20,37-40,45-56H2,1-4H3. The fourth-order valence-electron chi connectivity index (χ4n) is 15.7. The van der Waals surface area contributed by atoms with E-state index in [4.69, 9.17) is 37.9 Å². The highest BCUT2D eigenvalue weighted by Crippen LogP contribution is 2.59. The van der Waals surface area contributed by atoms with Gasteiger partial charge in [-0.15, -0.1) is 0 Å². The van der Waals surface area contributed by atoms with Crippen LogP contribution in [0.4, 0.5) is 0 Å². The molecule has 0 spiro atoms. The minimum Gasteiger partial charge on any atom is -0.457 e. The van der Waals surface area contributed by atoms with Crippen LogP contribution >= 0.6 is 0 Å². The van der Waals surface area contributed by atoms with Gasteiger partial charge in [0.05, 0.1) is 22.3 Å². The zero-order valence-electron chi connectivity index (χ0n) is 57.2. The van der Waals surface area contributed by atoms with Crippen LogP contribution in [0.3, 0.4) is 0 Å². The minimum atomic E-state index is -0.150. The van der Waals surface area contributed by atoms with Crippen molar-refractivity contribution in [2.75, 3.05) is 27.2 Å². The van der Waals surface area contributed by atoms with Gasteiger partial charge < -0.3 is 59.2 Å². The Hall–Kier alpha value is -8.00. The maximum absolute atomic E-state index is 7.35. The van der Waals surface area contributed by atoms with Crippen molar-refractivity contribution in [3.05, 3.63) is 235 Å². The Morgan fingerprint density at radius 1 is 0.250 bits per heavy atom. The monoisotopic (exact) mass is 1290 g/mol. The zero-order chi connectivity index (χ0) is 65.4. The molecule has 0 radical (unpaired) electrons. The molecule has 13 rings (SSSR count). The SMILES string of the molecule is CCCCCC1c2cc3c4c(CNCc5ccccc5)c2OCOc2c1cc1c(c2CNCc2ccccc2)OCOc2c(cc5c(c2CNCc2ccccc2)OCOc2c(cc(c(c2CNCc2ccccc2)OCO4)C3CCCCC)C5CCCCC)C1CCCCC. The average molecular weight is 1290 g/mol.